The van der Waals surface area contributed by atoms with Crippen molar-refractivity contribution in [3.05, 3.63) is 54.1 Å². The molecule has 112 valence electrons. The zero-order chi connectivity index (χ0) is 15.1. The first kappa shape index (κ1) is 15.3. The predicted molar refractivity (Wildman–Crippen MR) is 87.5 cm³/mol. The zero-order valence-corrected chi connectivity index (χ0v) is 12.6. The number of benzene rings is 1. The van der Waals surface area contributed by atoms with Crippen molar-refractivity contribution in [2.75, 3.05) is 23.8 Å². The van der Waals surface area contributed by atoms with Crippen molar-refractivity contribution >= 4 is 11.6 Å². The number of anilines is 2. The van der Waals surface area contributed by atoms with E-state index in [0.29, 0.717) is 0 Å². The summed E-state index contributed by atoms with van der Waals surface area (Å²) in [4.78, 5) is 4.54. The van der Waals surface area contributed by atoms with Crippen LogP contribution in [0, 0.1) is 0 Å². The van der Waals surface area contributed by atoms with E-state index in [9.17, 15) is 5.11 Å². The van der Waals surface area contributed by atoms with Crippen molar-refractivity contribution < 1.29 is 5.11 Å². The highest BCUT2D eigenvalue weighted by Crippen LogP contribution is 2.25. The van der Waals surface area contributed by atoms with Gasteiger partial charge in [0.15, 0.2) is 0 Å². The molecule has 0 fully saturated rings. The van der Waals surface area contributed by atoms with Gasteiger partial charge in [-0.15, -0.1) is 0 Å². The number of hydrogen-bond donors (Lipinski definition) is 3. The maximum absolute atomic E-state index is 9.80. The van der Waals surface area contributed by atoms with Crippen molar-refractivity contribution in [2.45, 2.75) is 25.8 Å². The van der Waals surface area contributed by atoms with Crippen LogP contribution in [0.3, 0.4) is 0 Å². The molecular formula is C17H23N3O. The Kier molecular flexibility index (Phi) is 5.17. The van der Waals surface area contributed by atoms with Gasteiger partial charge in [-0.25, -0.2) is 4.98 Å². The van der Waals surface area contributed by atoms with Crippen LogP contribution in [0.25, 0.3) is 0 Å². The van der Waals surface area contributed by atoms with Gasteiger partial charge in [-0.05, 0) is 31.0 Å². The molecule has 0 spiro atoms. The first-order chi connectivity index (χ1) is 10.2. The molecule has 0 amide bonds. The van der Waals surface area contributed by atoms with E-state index in [1.165, 1.54) is 0 Å². The second-order valence-electron chi connectivity index (χ2n) is 5.32. The molecule has 0 aliphatic carbocycles. The Hall–Kier alpha value is -2.07. The third-order valence-corrected chi connectivity index (χ3v) is 3.44. The first-order valence-corrected chi connectivity index (χ1v) is 7.33. The molecule has 0 aliphatic rings. The molecule has 2 rings (SSSR count). The van der Waals surface area contributed by atoms with E-state index in [1.54, 1.807) is 0 Å². The van der Waals surface area contributed by atoms with E-state index in [4.69, 9.17) is 0 Å². The van der Waals surface area contributed by atoms with Gasteiger partial charge in [0.2, 0.25) is 0 Å². The first-order valence-electron chi connectivity index (χ1n) is 7.33. The Morgan fingerprint density at radius 1 is 1.05 bits per heavy atom. The number of aromatic nitrogens is 1. The van der Waals surface area contributed by atoms with Gasteiger partial charge in [-0.3, -0.25) is 0 Å². The van der Waals surface area contributed by atoms with E-state index in [0.717, 1.165) is 30.2 Å². The molecule has 2 aromatic rings. The van der Waals surface area contributed by atoms with Crippen molar-refractivity contribution in [1.29, 1.82) is 0 Å². The molecule has 4 nitrogen and oxygen atoms in total. The number of hydrogen-bond acceptors (Lipinski definition) is 4. The molecular weight excluding hydrogens is 262 g/mol. The van der Waals surface area contributed by atoms with E-state index in [-0.39, 0.29) is 6.61 Å². The van der Waals surface area contributed by atoms with Gasteiger partial charge in [-0.1, -0.05) is 43.3 Å². The van der Waals surface area contributed by atoms with Gasteiger partial charge < -0.3 is 15.7 Å². The number of nitrogens with one attached hydrogen (secondary N) is 2. The fraction of sp³-hybridized carbons (Fsp3) is 0.353. The van der Waals surface area contributed by atoms with E-state index in [2.05, 4.69) is 22.5 Å². The average molecular weight is 285 g/mol. The number of aliphatic hydroxyl groups is 1. The molecule has 3 N–H and O–H groups in total. The summed E-state index contributed by atoms with van der Waals surface area (Å²) in [6.45, 7) is 4.97. The van der Waals surface area contributed by atoms with E-state index in [1.807, 2.05) is 55.5 Å². The van der Waals surface area contributed by atoms with Crippen LogP contribution in [-0.2, 0) is 5.54 Å². The lowest BCUT2D eigenvalue weighted by molar-refractivity contribution is 0.223. The van der Waals surface area contributed by atoms with Crippen LogP contribution >= 0.6 is 0 Å². The summed E-state index contributed by atoms with van der Waals surface area (Å²) in [5.74, 6) is 1.59. The highest BCUT2D eigenvalue weighted by molar-refractivity contribution is 5.48. The van der Waals surface area contributed by atoms with Crippen molar-refractivity contribution in [3.8, 4) is 0 Å². The highest BCUT2D eigenvalue weighted by atomic mass is 16.3. The molecule has 1 atom stereocenters. The lowest BCUT2D eigenvalue weighted by atomic mass is 9.93. The van der Waals surface area contributed by atoms with Gasteiger partial charge >= 0.3 is 0 Å². The maximum atomic E-state index is 9.80. The number of aliphatic hydroxyl groups excluding tert-OH is 1. The number of pyridine rings is 1. The molecule has 1 aromatic carbocycles. The maximum Gasteiger partial charge on any atom is 0.129 e. The van der Waals surface area contributed by atoms with Gasteiger partial charge in [0.1, 0.15) is 11.6 Å². The predicted octanol–water partition coefficient (Wildman–Crippen LogP) is 3.22. The summed E-state index contributed by atoms with van der Waals surface area (Å²) >= 11 is 0. The summed E-state index contributed by atoms with van der Waals surface area (Å²) in [6, 6.07) is 15.7. The van der Waals surface area contributed by atoms with Crippen LogP contribution in [0.1, 0.15) is 25.8 Å². The summed E-state index contributed by atoms with van der Waals surface area (Å²) in [5.41, 5.74) is 0.471. The summed E-state index contributed by atoms with van der Waals surface area (Å²) < 4.78 is 0. The van der Waals surface area contributed by atoms with E-state index < -0.39 is 5.54 Å². The molecule has 0 saturated heterocycles. The van der Waals surface area contributed by atoms with Gasteiger partial charge in [0.05, 0.1) is 12.1 Å². The summed E-state index contributed by atoms with van der Waals surface area (Å²) in [6.07, 6.45) is 1.05. The standard InChI is InChI=1S/C17H23N3O/c1-3-12-18-15-10-7-11-16(19-15)20-17(2,13-21)14-8-5-4-6-9-14/h4-11,21H,3,12-13H2,1-2H3,(H2,18,19,20). The minimum atomic E-state index is -0.558. The van der Waals surface area contributed by atoms with Crippen LogP contribution in [-0.4, -0.2) is 23.2 Å². The number of nitrogens with zero attached hydrogens (tertiary/aromatic N) is 1. The highest BCUT2D eigenvalue weighted by Gasteiger charge is 2.25. The van der Waals surface area contributed by atoms with E-state index >= 15 is 0 Å². The second kappa shape index (κ2) is 7.09. The summed E-state index contributed by atoms with van der Waals surface area (Å²) in [7, 11) is 0. The van der Waals surface area contributed by atoms with Crippen LogP contribution in [0.2, 0.25) is 0 Å². The Morgan fingerprint density at radius 3 is 2.43 bits per heavy atom. The number of rotatable bonds is 7. The lowest BCUT2D eigenvalue weighted by Crippen LogP contribution is -2.36. The molecule has 21 heavy (non-hydrogen) atoms. The van der Waals surface area contributed by atoms with Gasteiger partial charge in [0, 0.05) is 6.54 Å². The molecule has 1 heterocycles. The van der Waals surface area contributed by atoms with Crippen molar-refractivity contribution in [3.63, 3.8) is 0 Å². The smallest absolute Gasteiger partial charge is 0.129 e. The minimum Gasteiger partial charge on any atom is -0.394 e. The SMILES string of the molecule is CCCNc1cccc(NC(C)(CO)c2ccccc2)n1. The van der Waals surface area contributed by atoms with Gasteiger partial charge in [-0.2, -0.15) is 0 Å². The largest absolute Gasteiger partial charge is 0.394 e. The molecule has 1 aromatic heterocycles. The Balaban J connectivity index is 2.18. The monoisotopic (exact) mass is 285 g/mol. The molecule has 4 heteroatoms. The molecule has 0 bridgehead atoms. The van der Waals surface area contributed by atoms with Crippen LogP contribution in [0.4, 0.5) is 11.6 Å². The van der Waals surface area contributed by atoms with Crippen LogP contribution < -0.4 is 10.6 Å². The molecule has 0 radical (unpaired) electrons. The molecule has 1 unspecified atom stereocenters. The van der Waals surface area contributed by atoms with Gasteiger partial charge in [0.25, 0.3) is 0 Å². The second-order valence-corrected chi connectivity index (χ2v) is 5.32. The average Bonchev–Trinajstić information content (AvgIpc) is 2.54. The topological polar surface area (TPSA) is 57.2 Å². The minimum absolute atomic E-state index is 0.00862. The Bertz CT molecular complexity index is 559. The van der Waals surface area contributed by atoms with Crippen LogP contribution in [0.5, 0.6) is 0 Å². The zero-order valence-electron chi connectivity index (χ0n) is 12.6. The normalized spacial score (nSPS) is 13.5. The third-order valence-electron chi connectivity index (χ3n) is 3.44. The summed E-state index contributed by atoms with van der Waals surface area (Å²) in [5, 5.41) is 16.4. The third kappa shape index (κ3) is 3.95. The fourth-order valence-electron chi connectivity index (χ4n) is 2.15. The molecule has 0 aliphatic heterocycles. The molecule has 0 saturated carbocycles. The fourth-order valence-corrected chi connectivity index (χ4v) is 2.15. The lowest BCUT2D eigenvalue weighted by Gasteiger charge is -2.30. The van der Waals surface area contributed by atoms with Crippen molar-refractivity contribution in [1.82, 2.24) is 4.98 Å². The Labute approximate surface area is 126 Å². The van der Waals surface area contributed by atoms with Crippen LogP contribution in [0.15, 0.2) is 48.5 Å². The Morgan fingerprint density at radius 2 is 1.76 bits per heavy atom. The quantitative estimate of drug-likeness (QED) is 0.731. The van der Waals surface area contributed by atoms with Crippen molar-refractivity contribution in [2.24, 2.45) is 0 Å².